The van der Waals surface area contributed by atoms with Crippen molar-refractivity contribution in [1.82, 2.24) is 4.90 Å². The first-order valence-corrected chi connectivity index (χ1v) is 6.38. The van der Waals surface area contributed by atoms with Gasteiger partial charge in [0.2, 0.25) is 0 Å². The van der Waals surface area contributed by atoms with E-state index in [1.54, 1.807) is 13.8 Å². The Kier molecular flexibility index (Phi) is 5.32. The summed E-state index contributed by atoms with van der Waals surface area (Å²) in [6, 6.07) is 7.53. The Balaban J connectivity index is 2.92. The van der Waals surface area contributed by atoms with Crippen molar-refractivity contribution in [2.24, 2.45) is 10.9 Å². The normalized spacial score (nSPS) is 13.0. The summed E-state index contributed by atoms with van der Waals surface area (Å²) in [5.74, 6) is 0.106. The number of amidine groups is 1. The van der Waals surface area contributed by atoms with Crippen molar-refractivity contribution in [3.05, 3.63) is 35.4 Å². The van der Waals surface area contributed by atoms with Crippen LogP contribution in [0.5, 0.6) is 0 Å². The lowest BCUT2D eigenvalue weighted by atomic mass is 10.0. The lowest BCUT2D eigenvalue weighted by molar-refractivity contribution is 0.0353. The van der Waals surface area contributed by atoms with Gasteiger partial charge in [0.1, 0.15) is 0 Å². The van der Waals surface area contributed by atoms with Gasteiger partial charge in [0.05, 0.1) is 5.60 Å². The third-order valence-corrected chi connectivity index (χ3v) is 2.85. The predicted molar refractivity (Wildman–Crippen MR) is 76.2 cm³/mol. The van der Waals surface area contributed by atoms with Crippen LogP contribution >= 0.6 is 0 Å². The van der Waals surface area contributed by atoms with Gasteiger partial charge in [0, 0.05) is 18.7 Å². The number of nitrogens with two attached hydrogens (primary N) is 1. The lowest BCUT2D eigenvalue weighted by Crippen LogP contribution is -2.38. The molecule has 0 radical (unpaired) electrons. The van der Waals surface area contributed by atoms with Crippen molar-refractivity contribution in [2.45, 2.75) is 32.9 Å². The highest BCUT2D eigenvalue weighted by molar-refractivity contribution is 5.98. The van der Waals surface area contributed by atoms with Crippen molar-refractivity contribution >= 4 is 5.84 Å². The molecule has 0 saturated heterocycles. The summed E-state index contributed by atoms with van der Waals surface area (Å²) in [5.41, 5.74) is 6.62. The molecule has 0 atom stereocenters. The average molecular weight is 265 g/mol. The quantitative estimate of drug-likeness (QED) is 0.314. The van der Waals surface area contributed by atoms with E-state index in [-0.39, 0.29) is 5.84 Å². The Labute approximate surface area is 114 Å². The summed E-state index contributed by atoms with van der Waals surface area (Å²) in [6.07, 6.45) is 0. The first-order valence-electron chi connectivity index (χ1n) is 6.38. The molecule has 106 valence electrons. The molecule has 4 N–H and O–H groups in total. The molecule has 0 unspecified atom stereocenters. The molecule has 0 amide bonds. The van der Waals surface area contributed by atoms with Gasteiger partial charge in [-0.3, -0.25) is 4.90 Å². The molecule has 0 spiro atoms. The molecule has 0 fully saturated rings. The Bertz CT molecular complexity index is 439. The fourth-order valence-electron chi connectivity index (χ4n) is 2.03. The van der Waals surface area contributed by atoms with Gasteiger partial charge in [-0.2, -0.15) is 0 Å². The molecule has 0 aromatic heterocycles. The molecule has 5 heteroatoms. The van der Waals surface area contributed by atoms with Crippen LogP contribution in [0, 0.1) is 0 Å². The van der Waals surface area contributed by atoms with Crippen molar-refractivity contribution in [1.29, 1.82) is 0 Å². The molecule has 1 aromatic rings. The molecule has 5 nitrogen and oxygen atoms in total. The second-order valence-corrected chi connectivity index (χ2v) is 5.26. The molecular weight excluding hydrogens is 242 g/mol. The largest absolute Gasteiger partial charge is 0.409 e. The summed E-state index contributed by atoms with van der Waals surface area (Å²) in [5, 5.41) is 21.7. The van der Waals surface area contributed by atoms with E-state index in [9.17, 15) is 5.11 Å². The van der Waals surface area contributed by atoms with Crippen molar-refractivity contribution in [2.75, 3.05) is 13.1 Å². The number of nitrogens with zero attached hydrogens (tertiary/aromatic N) is 2. The van der Waals surface area contributed by atoms with Crippen LogP contribution in [0.15, 0.2) is 29.4 Å². The third-order valence-electron chi connectivity index (χ3n) is 2.85. The minimum absolute atomic E-state index is 0.106. The van der Waals surface area contributed by atoms with Crippen LogP contribution in [0.2, 0.25) is 0 Å². The van der Waals surface area contributed by atoms with Gasteiger partial charge in [0.15, 0.2) is 5.84 Å². The maximum atomic E-state index is 9.89. The molecule has 0 bridgehead atoms. The van der Waals surface area contributed by atoms with E-state index in [4.69, 9.17) is 10.9 Å². The van der Waals surface area contributed by atoms with E-state index < -0.39 is 5.60 Å². The summed E-state index contributed by atoms with van der Waals surface area (Å²) in [7, 11) is 0. The summed E-state index contributed by atoms with van der Waals surface area (Å²) < 4.78 is 0. The zero-order chi connectivity index (χ0) is 14.5. The average Bonchev–Trinajstić information content (AvgIpc) is 2.36. The Morgan fingerprint density at radius 1 is 1.37 bits per heavy atom. The minimum atomic E-state index is -0.748. The van der Waals surface area contributed by atoms with E-state index in [1.807, 2.05) is 31.2 Å². The predicted octanol–water partition coefficient (Wildman–Crippen LogP) is 1.37. The SMILES string of the molecule is CCN(Cc1ccccc1C(N)=NO)CC(C)(C)O. The molecule has 0 aliphatic heterocycles. The molecule has 0 aliphatic rings. The smallest absolute Gasteiger partial charge is 0.170 e. The van der Waals surface area contributed by atoms with Gasteiger partial charge in [-0.25, -0.2) is 0 Å². The number of hydrogen-bond acceptors (Lipinski definition) is 4. The Hall–Kier alpha value is -1.59. The van der Waals surface area contributed by atoms with Crippen molar-refractivity contribution in [3.63, 3.8) is 0 Å². The van der Waals surface area contributed by atoms with Gasteiger partial charge in [0.25, 0.3) is 0 Å². The van der Waals surface area contributed by atoms with Crippen LogP contribution in [0.1, 0.15) is 31.9 Å². The highest BCUT2D eigenvalue weighted by Gasteiger charge is 2.18. The van der Waals surface area contributed by atoms with E-state index >= 15 is 0 Å². The van der Waals surface area contributed by atoms with Gasteiger partial charge in [-0.1, -0.05) is 36.3 Å². The topological polar surface area (TPSA) is 82.1 Å². The van der Waals surface area contributed by atoms with Crippen LogP contribution < -0.4 is 5.73 Å². The van der Waals surface area contributed by atoms with Gasteiger partial charge >= 0.3 is 0 Å². The summed E-state index contributed by atoms with van der Waals surface area (Å²) in [4.78, 5) is 2.11. The van der Waals surface area contributed by atoms with Crippen molar-refractivity contribution < 1.29 is 10.3 Å². The van der Waals surface area contributed by atoms with Crippen LogP contribution in [0.25, 0.3) is 0 Å². The fraction of sp³-hybridized carbons (Fsp3) is 0.500. The van der Waals surface area contributed by atoms with Crippen LogP contribution in [0.3, 0.4) is 0 Å². The van der Waals surface area contributed by atoms with Gasteiger partial charge in [-0.05, 0) is 26.0 Å². The van der Waals surface area contributed by atoms with E-state index in [1.165, 1.54) is 0 Å². The molecule has 0 aliphatic carbocycles. The Morgan fingerprint density at radius 2 is 2.00 bits per heavy atom. The molecule has 1 aromatic carbocycles. The number of oxime groups is 1. The maximum Gasteiger partial charge on any atom is 0.170 e. The minimum Gasteiger partial charge on any atom is -0.409 e. The van der Waals surface area contributed by atoms with Gasteiger partial charge in [-0.15, -0.1) is 0 Å². The monoisotopic (exact) mass is 265 g/mol. The molecule has 0 heterocycles. The van der Waals surface area contributed by atoms with Crippen molar-refractivity contribution in [3.8, 4) is 0 Å². The van der Waals surface area contributed by atoms with E-state index in [0.717, 1.165) is 17.7 Å². The number of benzene rings is 1. The fourth-order valence-corrected chi connectivity index (χ4v) is 2.03. The molecule has 19 heavy (non-hydrogen) atoms. The maximum absolute atomic E-state index is 9.89. The highest BCUT2D eigenvalue weighted by atomic mass is 16.4. The summed E-state index contributed by atoms with van der Waals surface area (Å²) in [6.45, 7) is 7.63. The standard InChI is InChI=1S/C14H23N3O2/c1-4-17(10-14(2,3)18)9-11-7-5-6-8-12(11)13(15)16-19/h5-8,18-19H,4,9-10H2,1-3H3,(H2,15,16). The number of likely N-dealkylation sites (N-methyl/N-ethyl adjacent to an activating group) is 1. The first kappa shape index (κ1) is 15.5. The van der Waals surface area contributed by atoms with E-state index in [0.29, 0.717) is 13.1 Å². The van der Waals surface area contributed by atoms with E-state index in [2.05, 4.69) is 10.1 Å². The number of aliphatic hydroxyl groups is 1. The van der Waals surface area contributed by atoms with Crippen LogP contribution in [0.4, 0.5) is 0 Å². The lowest BCUT2D eigenvalue weighted by Gasteiger charge is -2.28. The number of rotatable bonds is 6. The second kappa shape index (κ2) is 6.54. The Morgan fingerprint density at radius 3 is 2.53 bits per heavy atom. The van der Waals surface area contributed by atoms with Gasteiger partial charge < -0.3 is 16.0 Å². The van der Waals surface area contributed by atoms with Crippen LogP contribution in [-0.2, 0) is 6.54 Å². The highest BCUT2D eigenvalue weighted by Crippen LogP contribution is 2.14. The second-order valence-electron chi connectivity index (χ2n) is 5.26. The molecule has 1 rings (SSSR count). The molecular formula is C14H23N3O2. The zero-order valence-electron chi connectivity index (χ0n) is 11.8. The number of hydrogen-bond donors (Lipinski definition) is 3. The zero-order valence-corrected chi connectivity index (χ0v) is 11.8. The first-order chi connectivity index (χ1) is 8.87. The van der Waals surface area contributed by atoms with Crippen LogP contribution in [-0.4, -0.2) is 39.7 Å². The third kappa shape index (κ3) is 4.89. The summed E-state index contributed by atoms with van der Waals surface area (Å²) >= 11 is 0. The molecule has 0 saturated carbocycles.